The Morgan fingerprint density at radius 3 is 2.80 bits per heavy atom. The summed E-state index contributed by atoms with van der Waals surface area (Å²) in [6.45, 7) is 2.51. The lowest BCUT2D eigenvalue weighted by Crippen LogP contribution is -1.96. The first-order chi connectivity index (χ1) is 7.36. The van der Waals surface area contributed by atoms with Crippen LogP contribution in [0.3, 0.4) is 0 Å². The van der Waals surface area contributed by atoms with Crippen molar-refractivity contribution >= 4 is 34.4 Å². The maximum atomic E-state index is 5.29. The summed E-state index contributed by atoms with van der Waals surface area (Å²) in [5, 5.41) is 0.796. The molecule has 0 radical (unpaired) electrons. The Morgan fingerprint density at radius 2 is 2.20 bits per heavy atom. The molecule has 1 heterocycles. The Morgan fingerprint density at radius 1 is 1.47 bits per heavy atom. The van der Waals surface area contributed by atoms with Gasteiger partial charge in [-0.05, 0) is 10.3 Å². The molecule has 3 nitrogen and oxygen atoms in total. The summed E-state index contributed by atoms with van der Waals surface area (Å²) in [7, 11) is 0. The lowest BCUT2D eigenvalue weighted by atomic mass is 10.6. The highest BCUT2D eigenvalue weighted by Crippen LogP contribution is 2.15. The summed E-state index contributed by atoms with van der Waals surface area (Å²) >= 11 is 3.63. The zero-order valence-electron chi connectivity index (χ0n) is 8.36. The lowest BCUT2D eigenvalue weighted by molar-refractivity contribution is 0.365. The van der Waals surface area contributed by atoms with Crippen molar-refractivity contribution in [1.29, 1.82) is 0 Å². The average Bonchev–Trinajstić information content (AvgIpc) is 2.28. The third-order valence-electron chi connectivity index (χ3n) is 1.42. The fourth-order valence-electron chi connectivity index (χ4n) is 0.793. The minimum Gasteiger partial charge on any atom is -0.478 e. The summed E-state index contributed by atoms with van der Waals surface area (Å²) in [6, 6.07) is 0. The SMILES string of the molecule is CCCSc1ncc(OCC#CI)cn1. The van der Waals surface area contributed by atoms with Crippen molar-refractivity contribution in [2.24, 2.45) is 0 Å². The first kappa shape index (κ1) is 12.6. The quantitative estimate of drug-likeness (QED) is 0.359. The van der Waals surface area contributed by atoms with Gasteiger partial charge in [-0.2, -0.15) is 0 Å². The monoisotopic (exact) mass is 334 g/mol. The number of aromatic nitrogens is 2. The minimum atomic E-state index is 0.383. The normalized spacial score (nSPS) is 9.20. The molecule has 1 aromatic rings. The van der Waals surface area contributed by atoms with Gasteiger partial charge in [-0.1, -0.05) is 24.6 Å². The van der Waals surface area contributed by atoms with E-state index < -0.39 is 0 Å². The average molecular weight is 334 g/mol. The minimum absolute atomic E-state index is 0.383. The predicted octanol–water partition coefficient (Wildman–Crippen LogP) is 2.75. The van der Waals surface area contributed by atoms with Crippen molar-refractivity contribution in [1.82, 2.24) is 9.97 Å². The van der Waals surface area contributed by atoms with Crippen molar-refractivity contribution < 1.29 is 4.74 Å². The van der Waals surface area contributed by atoms with Crippen molar-refractivity contribution in [3.8, 4) is 15.6 Å². The van der Waals surface area contributed by atoms with Crippen LogP contribution in [0.5, 0.6) is 5.75 Å². The molecule has 0 aliphatic rings. The van der Waals surface area contributed by atoms with E-state index in [4.69, 9.17) is 4.74 Å². The number of thioether (sulfide) groups is 1. The first-order valence-electron chi connectivity index (χ1n) is 4.53. The Bertz CT molecular complexity index is 345. The summed E-state index contributed by atoms with van der Waals surface area (Å²) in [4.78, 5) is 8.34. The van der Waals surface area contributed by atoms with E-state index in [9.17, 15) is 0 Å². The van der Waals surface area contributed by atoms with Crippen molar-refractivity contribution in [2.45, 2.75) is 18.5 Å². The number of halogens is 1. The molecule has 0 N–H and O–H groups in total. The van der Waals surface area contributed by atoms with E-state index in [0.717, 1.165) is 17.3 Å². The largest absolute Gasteiger partial charge is 0.478 e. The molecule has 0 fully saturated rings. The Kier molecular flexibility index (Phi) is 6.52. The number of nitrogens with zero attached hydrogens (tertiary/aromatic N) is 2. The molecule has 0 amide bonds. The molecule has 15 heavy (non-hydrogen) atoms. The maximum absolute atomic E-state index is 5.29. The van der Waals surface area contributed by atoms with Crippen LogP contribution in [-0.4, -0.2) is 22.3 Å². The summed E-state index contributed by atoms with van der Waals surface area (Å²) in [5.74, 6) is 4.50. The van der Waals surface area contributed by atoms with E-state index >= 15 is 0 Å². The third-order valence-corrected chi connectivity index (χ3v) is 2.88. The van der Waals surface area contributed by atoms with Gasteiger partial charge in [0.15, 0.2) is 10.9 Å². The summed E-state index contributed by atoms with van der Waals surface area (Å²) < 4.78 is 8.02. The molecule has 1 aromatic heterocycles. The zero-order chi connectivity index (χ0) is 10.9. The highest BCUT2D eigenvalue weighted by Gasteiger charge is 1.97. The zero-order valence-corrected chi connectivity index (χ0v) is 11.3. The molecule has 5 heteroatoms. The van der Waals surface area contributed by atoms with E-state index in [1.54, 1.807) is 24.2 Å². The Balaban J connectivity index is 2.43. The van der Waals surface area contributed by atoms with Crippen LogP contribution in [0, 0.1) is 9.85 Å². The highest BCUT2D eigenvalue weighted by molar-refractivity contribution is 14.1. The van der Waals surface area contributed by atoms with Gasteiger partial charge in [0, 0.05) is 28.3 Å². The van der Waals surface area contributed by atoms with E-state index in [2.05, 4.69) is 26.7 Å². The molecule has 0 atom stereocenters. The van der Waals surface area contributed by atoms with Crippen LogP contribution in [0.4, 0.5) is 0 Å². The van der Waals surface area contributed by atoms with Crippen LogP contribution in [0.2, 0.25) is 0 Å². The summed E-state index contributed by atoms with van der Waals surface area (Å²) in [5.41, 5.74) is 0. The molecule has 1 rings (SSSR count). The highest BCUT2D eigenvalue weighted by atomic mass is 127. The van der Waals surface area contributed by atoms with Gasteiger partial charge in [-0.3, -0.25) is 0 Å². The fourth-order valence-corrected chi connectivity index (χ4v) is 1.59. The van der Waals surface area contributed by atoms with Crippen LogP contribution in [0.25, 0.3) is 0 Å². The van der Waals surface area contributed by atoms with Gasteiger partial charge in [-0.25, -0.2) is 9.97 Å². The van der Waals surface area contributed by atoms with Gasteiger partial charge in [-0.15, -0.1) is 0 Å². The molecule has 0 saturated heterocycles. The van der Waals surface area contributed by atoms with E-state index in [-0.39, 0.29) is 0 Å². The molecule has 0 spiro atoms. The molecule has 0 unspecified atom stereocenters. The topological polar surface area (TPSA) is 35.0 Å². The molecule has 0 bridgehead atoms. The van der Waals surface area contributed by atoms with Crippen molar-refractivity contribution in [2.75, 3.05) is 12.4 Å². The van der Waals surface area contributed by atoms with Crippen molar-refractivity contribution in [3.05, 3.63) is 12.4 Å². The van der Waals surface area contributed by atoms with Gasteiger partial charge in [0.05, 0.1) is 12.4 Å². The smallest absolute Gasteiger partial charge is 0.187 e. The number of hydrogen-bond donors (Lipinski definition) is 0. The lowest BCUT2D eigenvalue weighted by Gasteiger charge is -2.01. The van der Waals surface area contributed by atoms with E-state index in [1.807, 2.05) is 22.6 Å². The number of hydrogen-bond acceptors (Lipinski definition) is 4. The standard InChI is InChI=1S/C10H11IN2OS/c1-2-6-15-10-12-7-9(8-13-10)14-5-3-4-11/h7-8H,2,5-6H2,1H3. The predicted molar refractivity (Wildman–Crippen MR) is 70.3 cm³/mol. The van der Waals surface area contributed by atoms with E-state index in [0.29, 0.717) is 12.4 Å². The number of ether oxygens (including phenoxy) is 1. The molecular weight excluding hydrogens is 323 g/mol. The van der Waals surface area contributed by atoms with Crippen LogP contribution in [0.15, 0.2) is 17.6 Å². The van der Waals surface area contributed by atoms with Crippen LogP contribution in [-0.2, 0) is 0 Å². The van der Waals surface area contributed by atoms with Crippen LogP contribution >= 0.6 is 34.4 Å². The molecule has 80 valence electrons. The second-order valence-electron chi connectivity index (χ2n) is 2.61. The van der Waals surface area contributed by atoms with Gasteiger partial charge in [0.1, 0.15) is 6.61 Å². The third kappa shape index (κ3) is 5.23. The molecule has 0 aliphatic carbocycles. The molecular formula is C10H11IN2OS. The van der Waals surface area contributed by atoms with E-state index in [1.165, 1.54) is 0 Å². The molecule has 0 aliphatic heterocycles. The fraction of sp³-hybridized carbons (Fsp3) is 0.400. The molecule has 0 saturated carbocycles. The first-order valence-corrected chi connectivity index (χ1v) is 6.59. The second-order valence-corrected chi connectivity index (χ2v) is 4.21. The van der Waals surface area contributed by atoms with Gasteiger partial charge in [0.2, 0.25) is 0 Å². The van der Waals surface area contributed by atoms with Crippen LogP contribution < -0.4 is 4.74 Å². The van der Waals surface area contributed by atoms with Gasteiger partial charge >= 0.3 is 0 Å². The van der Waals surface area contributed by atoms with Crippen molar-refractivity contribution in [3.63, 3.8) is 0 Å². The Hall–Kier alpha value is -0.480. The Labute approximate surface area is 108 Å². The molecule has 0 aromatic carbocycles. The van der Waals surface area contributed by atoms with Crippen LogP contribution in [0.1, 0.15) is 13.3 Å². The number of rotatable bonds is 5. The van der Waals surface area contributed by atoms with Gasteiger partial charge in [0.25, 0.3) is 0 Å². The summed E-state index contributed by atoms with van der Waals surface area (Å²) in [6.07, 6.45) is 4.48. The second kappa shape index (κ2) is 7.77. The van der Waals surface area contributed by atoms with Gasteiger partial charge < -0.3 is 4.74 Å². The maximum Gasteiger partial charge on any atom is 0.187 e.